The third-order valence-corrected chi connectivity index (χ3v) is 5.24. The van der Waals surface area contributed by atoms with Crippen molar-refractivity contribution < 1.29 is 19.1 Å². The van der Waals surface area contributed by atoms with Crippen molar-refractivity contribution in [2.24, 2.45) is 5.10 Å². The molecule has 1 amide bonds. The number of benzene rings is 3. The van der Waals surface area contributed by atoms with Gasteiger partial charge in [-0.2, -0.15) is 5.10 Å². The van der Waals surface area contributed by atoms with Crippen molar-refractivity contribution in [3.63, 3.8) is 0 Å². The molecule has 0 aliphatic carbocycles. The third kappa shape index (κ3) is 6.18. The smallest absolute Gasteiger partial charge is 0.345 e. The van der Waals surface area contributed by atoms with Crippen LogP contribution in [0.5, 0.6) is 11.5 Å². The van der Waals surface area contributed by atoms with E-state index in [1.54, 1.807) is 42.5 Å². The standard InChI is InChI=1S/C24H20BrClN2O4/c1-15-6-5-7-16(2)23(15)31-14-22(29)28-27-13-17-12-18(25)10-11-21(17)32-24(30)19-8-3-4-9-20(19)26/h3-13H,14H2,1-2H3,(H,28,29)/b27-13-. The molecule has 8 heteroatoms. The summed E-state index contributed by atoms with van der Waals surface area (Å²) in [6, 6.07) is 17.4. The first kappa shape index (κ1) is 23.5. The largest absolute Gasteiger partial charge is 0.483 e. The van der Waals surface area contributed by atoms with Crippen LogP contribution in [0.4, 0.5) is 0 Å². The number of aryl methyl sites for hydroxylation is 2. The lowest BCUT2D eigenvalue weighted by Crippen LogP contribution is -2.25. The number of carbonyl (C=O) groups excluding carboxylic acids is 2. The zero-order valence-corrected chi connectivity index (χ0v) is 19.7. The van der Waals surface area contributed by atoms with E-state index in [4.69, 9.17) is 21.1 Å². The molecule has 3 aromatic rings. The Labute approximate surface area is 199 Å². The van der Waals surface area contributed by atoms with Crippen LogP contribution in [0.1, 0.15) is 27.0 Å². The van der Waals surface area contributed by atoms with Gasteiger partial charge in [-0.1, -0.05) is 57.9 Å². The predicted molar refractivity (Wildman–Crippen MR) is 128 cm³/mol. The van der Waals surface area contributed by atoms with E-state index in [9.17, 15) is 9.59 Å². The molecule has 0 saturated heterocycles. The minimum atomic E-state index is -0.599. The summed E-state index contributed by atoms with van der Waals surface area (Å²) < 4.78 is 11.8. The van der Waals surface area contributed by atoms with E-state index in [-0.39, 0.29) is 17.9 Å². The number of ether oxygens (including phenoxy) is 2. The Morgan fingerprint density at radius 2 is 1.78 bits per heavy atom. The lowest BCUT2D eigenvalue weighted by Gasteiger charge is -2.11. The summed E-state index contributed by atoms with van der Waals surface area (Å²) in [5, 5.41) is 4.25. The number of hydrogen-bond acceptors (Lipinski definition) is 5. The highest BCUT2D eigenvalue weighted by Gasteiger charge is 2.14. The van der Waals surface area contributed by atoms with Gasteiger partial charge in [0.1, 0.15) is 11.5 Å². The van der Waals surface area contributed by atoms with Gasteiger partial charge in [0.05, 0.1) is 16.8 Å². The number of nitrogens with zero attached hydrogens (tertiary/aromatic N) is 1. The molecule has 1 N–H and O–H groups in total. The zero-order chi connectivity index (χ0) is 23.1. The quantitative estimate of drug-likeness (QED) is 0.196. The van der Waals surface area contributed by atoms with Gasteiger partial charge < -0.3 is 9.47 Å². The van der Waals surface area contributed by atoms with Crippen molar-refractivity contribution in [1.29, 1.82) is 0 Å². The highest BCUT2D eigenvalue weighted by atomic mass is 79.9. The van der Waals surface area contributed by atoms with Crippen LogP contribution in [-0.4, -0.2) is 24.7 Å². The number of para-hydroxylation sites is 1. The predicted octanol–water partition coefficient (Wildman–Crippen LogP) is 5.47. The number of carbonyl (C=O) groups is 2. The molecule has 6 nitrogen and oxygen atoms in total. The molecular formula is C24H20BrClN2O4. The van der Waals surface area contributed by atoms with Gasteiger partial charge in [-0.05, 0) is 55.3 Å². The Morgan fingerprint density at radius 3 is 2.50 bits per heavy atom. The summed E-state index contributed by atoms with van der Waals surface area (Å²) in [6.07, 6.45) is 1.39. The lowest BCUT2D eigenvalue weighted by atomic mass is 10.1. The summed E-state index contributed by atoms with van der Waals surface area (Å²) in [6.45, 7) is 3.64. The number of rotatable bonds is 7. The number of hydrazone groups is 1. The van der Waals surface area contributed by atoms with Crippen LogP contribution in [0.25, 0.3) is 0 Å². The van der Waals surface area contributed by atoms with Gasteiger partial charge in [0.2, 0.25) is 0 Å². The molecule has 32 heavy (non-hydrogen) atoms. The Balaban J connectivity index is 1.65. The maximum absolute atomic E-state index is 12.5. The molecule has 0 atom stereocenters. The molecule has 164 valence electrons. The van der Waals surface area contributed by atoms with Gasteiger partial charge in [-0.15, -0.1) is 0 Å². The first-order valence-corrected chi connectivity index (χ1v) is 10.8. The highest BCUT2D eigenvalue weighted by molar-refractivity contribution is 9.10. The number of hydrogen-bond donors (Lipinski definition) is 1. The van der Waals surface area contributed by atoms with Crippen LogP contribution in [-0.2, 0) is 4.79 Å². The van der Waals surface area contributed by atoms with Crippen molar-refractivity contribution >= 4 is 45.6 Å². The van der Waals surface area contributed by atoms with Gasteiger partial charge in [-0.3, -0.25) is 4.79 Å². The Hall–Kier alpha value is -3.16. The topological polar surface area (TPSA) is 77.0 Å². The highest BCUT2D eigenvalue weighted by Crippen LogP contribution is 2.25. The van der Waals surface area contributed by atoms with E-state index in [0.29, 0.717) is 16.3 Å². The monoisotopic (exact) mass is 514 g/mol. The summed E-state index contributed by atoms with van der Waals surface area (Å²) >= 11 is 9.44. The second-order valence-corrected chi connectivity index (χ2v) is 8.18. The second-order valence-electron chi connectivity index (χ2n) is 6.85. The molecule has 0 aromatic heterocycles. The van der Waals surface area contributed by atoms with Gasteiger partial charge in [0, 0.05) is 10.0 Å². The van der Waals surface area contributed by atoms with E-state index in [2.05, 4.69) is 26.5 Å². The second kappa shape index (κ2) is 10.9. The van der Waals surface area contributed by atoms with E-state index >= 15 is 0 Å². The first-order valence-electron chi connectivity index (χ1n) is 9.62. The zero-order valence-electron chi connectivity index (χ0n) is 17.4. The summed E-state index contributed by atoms with van der Waals surface area (Å²) in [4.78, 5) is 24.6. The SMILES string of the molecule is Cc1cccc(C)c1OCC(=O)N/N=C\c1cc(Br)ccc1OC(=O)c1ccccc1Cl. The van der Waals surface area contributed by atoms with Crippen molar-refractivity contribution in [2.45, 2.75) is 13.8 Å². The Kier molecular flexibility index (Phi) is 8.03. The fraction of sp³-hybridized carbons (Fsp3) is 0.125. The fourth-order valence-electron chi connectivity index (χ4n) is 2.87. The molecule has 3 rings (SSSR count). The van der Waals surface area contributed by atoms with Gasteiger partial charge in [0.15, 0.2) is 6.61 Å². The average Bonchev–Trinajstić information content (AvgIpc) is 2.75. The van der Waals surface area contributed by atoms with Crippen LogP contribution in [0.2, 0.25) is 5.02 Å². The van der Waals surface area contributed by atoms with Crippen molar-refractivity contribution in [2.75, 3.05) is 6.61 Å². The van der Waals surface area contributed by atoms with E-state index in [1.165, 1.54) is 6.21 Å². The third-order valence-electron chi connectivity index (χ3n) is 4.42. The molecule has 0 heterocycles. The summed E-state index contributed by atoms with van der Waals surface area (Å²) in [5.41, 5.74) is 5.03. The molecule has 0 saturated carbocycles. The molecule has 0 radical (unpaired) electrons. The van der Waals surface area contributed by atoms with Crippen LogP contribution in [0.15, 0.2) is 70.2 Å². The van der Waals surface area contributed by atoms with Crippen LogP contribution in [0.3, 0.4) is 0 Å². The Morgan fingerprint density at radius 1 is 1.06 bits per heavy atom. The molecule has 0 bridgehead atoms. The number of halogens is 2. The van der Waals surface area contributed by atoms with Gasteiger partial charge >= 0.3 is 5.97 Å². The molecule has 0 unspecified atom stereocenters. The fourth-order valence-corrected chi connectivity index (χ4v) is 3.46. The Bertz CT molecular complexity index is 1160. The molecule has 0 spiro atoms. The first-order chi connectivity index (χ1) is 15.3. The van der Waals surface area contributed by atoms with Crippen LogP contribution >= 0.6 is 27.5 Å². The molecule has 0 aliphatic heterocycles. The van der Waals surface area contributed by atoms with Crippen molar-refractivity contribution in [3.8, 4) is 11.5 Å². The molecule has 0 aliphatic rings. The molecule has 3 aromatic carbocycles. The van der Waals surface area contributed by atoms with E-state index in [1.807, 2.05) is 32.0 Å². The van der Waals surface area contributed by atoms with Crippen molar-refractivity contribution in [3.05, 3.63) is 92.4 Å². The number of nitrogens with one attached hydrogen (secondary N) is 1. The minimum Gasteiger partial charge on any atom is -0.483 e. The summed E-state index contributed by atoms with van der Waals surface area (Å²) in [7, 11) is 0. The van der Waals surface area contributed by atoms with Gasteiger partial charge in [0.25, 0.3) is 5.91 Å². The summed E-state index contributed by atoms with van der Waals surface area (Å²) in [5.74, 6) is -0.0811. The van der Waals surface area contributed by atoms with Crippen molar-refractivity contribution in [1.82, 2.24) is 5.43 Å². The molecular weight excluding hydrogens is 496 g/mol. The maximum atomic E-state index is 12.5. The maximum Gasteiger partial charge on any atom is 0.345 e. The number of esters is 1. The lowest BCUT2D eigenvalue weighted by molar-refractivity contribution is -0.123. The van der Waals surface area contributed by atoms with Crippen LogP contribution in [0, 0.1) is 13.8 Å². The van der Waals surface area contributed by atoms with Crippen LogP contribution < -0.4 is 14.9 Å². The normalized spacial score (nSPS) is 10.8. The van der Waals surface area contributed by atoms with E-state index < -0.39 is 11.9 Å². The minimum absolute atomic E-state index is 0.185. The molecule has 0 fully saturated rings. The average molecular weight is 516 g/mol. The van der Waals surface area contributed by atoms with Gasteiger partial charge in [-0.25, -0.2) is 10.2 Å². The van der Waals surface area contributed by atoms with E-state index in [0.717, 1.165) is 15.6 Å². The number of amides is 1.